The molecule has 0 radical (unpaired) electrons. The molecule has 0 bridgehead atoms. The molecule has 3 aromatic rings. The molecular weight excluding hydrogens is 454 g/mol. The van der Waals surface area contributed by atoms with Crippen LogP contribution in [0.4, 0.5) is 8.78 Å². The Morgan fingerprint density at radius 1 is 1.09 bits per heavy atom. The maximum absolute atomic E-state index is 13.4. The van der Waals surface area contributed by atoms with Crippen LogP contribution in [0.15, 0.2) is 36.4 Å². The highest BCUT2D eigenvalue weighted by atomic mass is 35.5. The Labute approximate surface area is 193 Å². The number of carbonyl (C=O) groups is 2. The number of aromatic nitrogens is 2. The molecule has 1 saturated carbocycles. The summed E-state index contributed by atoms with van der Waals surface area (Å²) < 4.78 is 32.3. The van der Waals surface area contributed by atoms with Crippen LogP contribution in [0.1, 0.15) is 37.9 Å². The molecule has 1 fully saturated rings. The summed E-state index contributed by atoms with van der Waals surface area (Å²) in [6.45, 7) is -0.215. The maximum Gasteiger partial charge on any atom is 0.258 e. The summed E-state index contributed by atoms with van der Waals surface area (Å²) in [6, 6.07) is 8.65. The van der Waals surface area contributed by atoms with E-state index in [0.29, 0.717) is 35.0 Å². The van der Waals surface area contributed by atoms with Crippen molar-refractivity contribution in [3.8, 4) is 5.75 Å². The molecule has 4 rings (SSSR count). The third-order valence-electron chi connectivity index (χ3n) is 5.69. The van der Waals surface area contributed by atoms with Crippen LogP contribution in [-0.2, 0) is 16.1 Å². The summed E-state index contributed by atoms with van der Waals surface area (Å²) in [5.41, 5.74) is -0.459. The number of nitrogens with one attached hydrogen (secondary N) is 3. The third-order valence-corrected chi connectivity index (χ3v) is 5.95. The molecule has 2 amide bonds. The molecule has 0 spiro atoms. The van der Waals surface area contributed by atoms with Crippen LogP contribution in [0.2, 0.25) is 5.02 Å². The van der Waals surface area contributed by atoms with Crippen molar-refractivity contribution in [1.82, 2.24) is 20.6 Å². The number of rotatable bonds is 7. The van der Waals surface area contributed by atoms with Crippen molar-refractivity contribution in [1.29, 1.82) is 0 Å². The Bertz CT molecular complexity index is 1120. The number of ether oxygens (including phenoxy) is 1. The summed E-state index contributed by atoms with van der Waals surface area (Å²) in [5.74, 6) is -1.86. The van der Waals surface area contributed by atoms with Crippen LogP contribution in [0.3, 0.4) is 0 Å². The summed E-state index contributed by atoms with van der Waals surface area (Å²) in [6.07, 6.45) is 3.58. The fourth-order valence-corrected chi connectivity index (χ4v) is 4.15. The van der Waals surface area contributed by atoms with E-state index < -0.39 is 23.1 Å². The van der Waals surface area contributed by atoms with Gasteiger partial charge in [-0.15, -0.1) is 0 Å². The van der Waals surface area contributed by atoms with Crippen molar-refractivity contribution in [3.63, 3.8) is 0 Å². The molecule has 0 atom stereocenters. The van der Waals surface area contributed by atoms with Gasteiger partial charge in [-0.25, -0.2) is 13.8 Å². The number of benzene rings is 2. The number of nitrogens with zero attached hydrogens (tertiary/aromatic N) is 1. The molecular formula is C23H23ClF2N4O3. The van der Waals surface area contributed by atoms with Gasteiger partial charge in [0.05, 0.1) is 17.6 Å². The minimum absolute atomic E-state index is 0.0235. The monoisotopic (exact) mass is 476 g/mol. The van der Waals surface area contributed by atoms with Crippen molar-refractivity contribution in [2.24, 2.45) is 0 Å². The smallest absolute Gasteiger partial charge is 0.258 e. The van der Waals surface area contributed by atoms with Gasteiger partial charge in [0.1, 0.15) is 17.1 Å². The first-order valence-electron chi connectivity index (χ1n) is 10.7. The molecule has 0 saturated heterocycles. The molecule has 0 unspecified atom stereocenters. The van der Waals surface area contributed by atoms with Crippen molar-refractivity contribution < 1.29 is 23.1 Å². The predicted molar refractivity (Wildman–Crippen MR) is 119 cm³/mol. The highest BCUT2D eigenvalue weighted by Crippen LogP contribution is 2.29. The number of amides is 2. The zero-order chi connectivity index (χ0) is 23.4. The number of carbonyl (C=O) groups excluding carboxylic acids is 2. The summed E-state index contributed by atoms with van der Waals surface area (Å²) in [7, 11) is 0. The lowest BCUT2D eigenvalue weighted by Gasteiger charge is -2.36. The van der Waals surface area contributed by atoms with Gasteiger partial charge in [0.15, 0.2) is 18.2 Å². The van der Waals surface area contributed by atoms with Crippen molar-refractivity contribution >= 4 is 34.4 Å². The maximum atomic E-state index is 13.4. The van der Waals surface area contributed by atoms with Gasteiger partial charge in [-0.3, -0.25) is 9.59 Å². The fraction of sp³-hybridized carbons (Fsp3) is 0.348. The van der Waals surface area contributed by atoms with E-state index in [4.69, 9.17) is 16.3 Å². The molecule has 33 heavy (non-hydrogen) atoms. The number of imidazole rings is 1. The standard InChI is InChI=1S/C23H23ClF2N4O3/c24-14-4-6-15(7-5-14)33-13-21(31)30-23(8-2-1-3-9-23)22(32)27-12-20-28-18-10-16(25)17(26)11-19(18)29-20/h4-7,10-11H,1-3,8-9,12-13H2,(H,27,32)(H,28,29)(H,30,31). The van der Waals surface area contributed by atoms with Crippen molar-refractivity contribution in [3.05, 3.63) is 58.9 Å². The minimum atomic E-state index is -1.05. The fourth-order valence-electron chi connectivity index (χ4n) is 4.02. The van der Waals surface area contributed by atoms with Gasteiger partial charge in [0, 0.05) is 17.2 Å². The average molecular weight is 477 g/mol. The summed E-state index contributed by atoms with van der Waals surface area (Å²) in [4.78, 5) is 32.8. The number of hydrogen-bond donors (Lipinski definition) is 3. The second-order valence-electron chi connectivity index (χ2n) is 8.08. The topological polar surface area (TPSA) is 96.1 Å². The second-order valence-corrected chi connectivity index (χ2v) is 8.52. The first-order valence-corrected chi connectivity index (χ1v) is 11.0. The zero-order valence-electron chi connectivity index (χ0n) is 17.7. The predicted octanol–water partition coefficient (Wildman–Crippen LogP) is 4.01. The highest BCUT2D eigenvalue weighted by molar-refractivity contribution is 6.30. The van der Waals surface area contributed by atoms with Gasteiger partial charge in [-0.1, -0.05) is 30.9 Å². The van der Waals surface area contributed by atoms with Gasteiger partial charge in [-0.05, 0) is 37.1 Å². The van der Waals surface area contributed by atoms with E-state index in [1.807, 2.05) is 0 Å². The van der Waals surface area contributed by atoms with Crippen LogP contribution in [0.5, 0.6) is 5.75 Å². The lowest BCUT2D eigenvalue weighted by atomic mass is 9.80. The van der Waals surface area contributed by atoms with Crippen LogP contribution < -0.4 is 15.4 Å². The Kier molecular flexibility index (Phi) is 6.78. The van der Waals surface area contributed by atoms with Gasteiger partial charge in [0.2, 0.25) is 5.91 Å². The molecule has 3 N–H and O–H groups in total. The molecule has 7 nitrogen and oxygen atoms in total. The Morgan fingerprint density at radius 2 is 1.79 bits per heavy atom. The number of fused-ring (bicyclic) bond motifs is 1. The molecule has 0 aliphatic heterocycles. The SMILES string of the molecule is O=C(COc1ccc(Cl)cc1)NC1(C(=O)NCc2nc3cc(F)c(F)cc3[nH]2)CCCCC1. The van der Waals surface area contributed by atoms with Gasteiger partial charge in [0.25, 0.3) is 5.91 Å². The third kappa shape index (κ3) is 5.42. The number of aromatic amines is 1. The molecule has 1 heterocycles. The first kappa shape index (κ1) is 23.0. The van der Waals surface area contributed by atoms with Crippen molar-refractivity contribution in [2.45, 2.75) is 44.2 Å². The minimum Gasteiger partial charge on any atom is -0.484 e. The van der Waals surface area contributed by atoms with E-state index in [1.54, 1.807) is 24.3 Å². The number of halogens is 3. The van der Waals surface area contributed by atoms with Gasteiger partial charge >= 0.3 is 0 Å². The van der Waals surface area contributed by atoms with Crippen molar-refractivity contribution in [2.75, 3.05) is 6.61 Å². The molecule has 10 heteroatoms. The summed E-state index contributed by atoms with van der Waals surface area (Å²) >= 11 is 5.85. The van der Waals surface area contributed by atoms with Crippen LogP contribution in [0, 0.1) is 11.6 Å². The lowest BCUT2D eigenvalue weighted by molar-refractivity contribution is -0.136. The van der Waals surface area contributed by atoms with Gasteiger partial charge in [-0.2, -0.15) is 0 Å². The highest BCUT2D eigenvalue weighted by Gasteiger charge is 2.40. The van der Waals surface area contributed by atoms with E-state index in [2.05, 4.69) is 20.6 Å². The van der Waals surface area contributed by atoms with E-state index in [9.17, 15) is 18.4 Å². The number of hydrogen-bond acceptors (Lipinski definition) is 4. The Morgan fingerprint density at radius 3 is 2.52 bits per heavy atom. The second kappa shape index (κ2) is 9.74. The van der Waals surface area contributed by atoms with Gasteiger partial charge < -0.3 is 20.4 Å². The lowest BCUT2D eigenvalue weighted by Crippen LogP contribution is -2.60. The van der Waals surface area contributed by atoms with E-state index in [0.717, 1.165) is 31.4 Å². The molecule has 1 aliphatic carbocycles. The number of H-pyrrole nitrogens is 1. The molecule has 174 valence electrons. The van der Waals surface area contributed by atoms with Crippen LogP contribution >= 0.6 is 11.6 Å². The Hall–Kier alpha value is -3.20. The van der Waals surface area contributed by atoms with Crippen LogP contribution in [0.25, 0.3) is 11.0 Å². The van der Waals surface area contributed by atoms with E-state index in [-0.39, 0.29) is 24.6 Å². The first-order chi connectivity index (χ1) is 15.8. The summed E-state index contributed by atoms with van der Waals surface area (Å²) in [5, 5.41) is 6.21. The van der Waals surface area contributed by atoms with Crippen LogP contribution in [-0.4, -0.2) is 33.9 Å². The van der Waals surface area contributed by atoms with E-state index >= 15 is 0 Å². The average Bonchev–Trinajstić information content (AvgIpc) is 3.19. The quantitative estimate of drug-likeness (QED) is 0.480. The largest absolute Gasteiger partial charge is 0.484 e. The van der Waals surface area contributed by atoms with E-state index in [1.165, 1.54) is 0 Å². The normalized spacial score (nSPS) is 15.2. The Balaban J connectivity index is 1.39. The molecule has 1 aromatic heterocycles. The molecule has 1 aliphatic rings. The molecule has 2 aromatic carbocycles. The zero-order valence-corrected chi connectivity index (χ0v) is 18.5.